The number of alkyl halides is 4. The van der Waals surface area contributed by atoms with Crippen LogP contribution in [0.2, 0.25) is 0 Å². The number of benzene rings is 3. The van der Waals surface area contributed by atoms with Gasteiger partial charge in [0.15, 0.2) is 11.5 Å². The lowest BCUT2D eigenvalue weighted by molar-refractivity contribution is -0.391. The molecule has 1 aromatic heterocycles. The van der Waals surface area contributed by atoms with E-state index in [1.165, 1.54) is 28.5 Å². The van der Waals surface area contributed by atoms with Gasteiger partial charge in [-0.3, -0.25) is 9.59 Å². The zero-order valence-corrected chi connectivity index (χ0v) is 23.7. The molecule has 0 spiro atoms. The minimum Gasteiger partial charge on any atom is -0.481 e. The quantitative estimate of drug-likeness (QED) is 0.214. The minimum atomic E-state index is -4.86. The molecular formula is C31H25F4N3O5S. The summed E-state index contributed by atoms with van der Waals surface area (Å²) in [5.41, 5.74) is 10.7. The first-order chi connectivity index (χ1) is 20.9. The van der Waals surface area contributed by atoms with Crippen LogP contribution in [-0.2, 0) is 23.2 Å². The number of hydrogen-bond acceptors (Lipinski definition) is 7. The molecule has 1 unspecified atom stereocenters. The van der Waals surface area contributed by atoms with Crippen LogP contribution >= 0.6 is 11.3 Å². The number of halogens is 4. The second-order valence-corrected chi connectivity index (χ2v) is 11.4. The number of aromatic nitrogens is 1. The summed E-state index contributed by atoms with van der Waals surface area (Å²) in [4.78, 5) is 28.1. The molecule has 1 amide bonds. The number of fused-ring (bicyclic) bond motifs is 2. The maximum atomic E-state index is 13.8. The fraction of sp³-hybridized carbons (Fsp3) is 0.258. The van der Waals surface area contributed by atoms with Crippen LogP contribution in [-0.4, -0.2) is 40.7 Å². The summed E-state index contributed by atoms with van der Waals surface area (Å²) < 4.78 is 63.4. The Balaban J connectivity index is 1.36. The summed E-state index contributed by atoms with van der Waals surface area (Å²) in [7, 11) is 0. The highest BCUT2D eigenvalue weighted by Gasteiger charge is 2.66. The van der Waals surface area contributed by atoms with E-state index < -0.39 is 41.1 Å². The molecule has 4 aromatic rings. The normalized spacial score (nSPS) is 17.4. The first-order valence-corrected chi connectivity index (χ1v) is 14.5. The average molecular weight is 628 g/mol. The van der Waals surface area contributed by atoms with Gasteiger partial charge in [-0.15, -0.1) is 11.3 Å². The number of rotatable bonds is 8. The fourth-order valence-electron chi connectivity index (χ4n) is 5.31. The van der Waals surface area contributed by atoms with Gasteiger partial charge in [-0.25, -0.2) is 4.98 Å². The zero-order valence-electron chi connectivity index (χ0n) is 22.9. The van der Waals surface area contributed by atoms with Crippen LogP contribution in [0.5, 0.6) is 11.5 Å². The molecule has 13 heteroatoms. The van der Waals surface area contributed by atoms with Gasteiger partial charge in [0.25, 0.3) is 5.91 Å². The number of carbonyl (C=O) groups excluding carboxylic acids is 1. The number of carbonyl (C=O) groups is 2. The second kappa shape index (κ2) is 10.9. The van der Waals surface area contributed by atoms with Crippen molar-refractivity contribution in [2.75, 3.05) is 6.54 Å². The van der Waals surface area contributed by atoms with Crippen molar-refractivity contribution in [3.63, 3.8) is 0 Å². The number of nitrogens with two attached hydrogens (primary N) is 1. The third-order valence-corrected chi connectivity index (χ3v) is 8.65. The van der Waals surface area contributed by atoms with Gasteiger partial charge in [0.1, 0.15) is 10.5 Å². The highest BCUT2D eigenvalue weighted by atomic mass is 32.1. The zero-order chi connectivity index (χ0) is 31.3. The molecule has 4 N–H and O–H groups in total. The third-order valence-electron chi connectivity index (χ3n) is 7.68. The number of aryl methyl sites for hydroxylation is 2. The van der Waals surface area contributed by atoms with Crippen LogP contribution in [0.15, 0.2) is 66.0 Å². The van der Waals surface area contributed by atoms with Gasteiger partial charge < -0.3 is 25.6 Å². The highest BCUT2D eigenvalue weighted by Crippen LogP contribution is 2.48. The van der Waals surface area contributed by atoms with Crippen molar-refractivity contribution < 1.29 is 41.7 Å². The highest BCUT2D eigenvalue weighted by molar-refractivity contribution is 7.10. The van der Waals surface area contributed by atoms with Crippen molar-refractivity contribution in [3.05, 3.63) is 98.9 Å². The smallest absolute Gasteiger partial charge is 0.481 e. The Morgan fingerprint density at radius 2 is 1.61 bits per heavy atom. The Bertz CT molecular complexity index is 1760. The summed E-state index contributed by atoms with van der Waals surface area (Å²) in [6, 6.07) is 16.3. The molecule has 0 bridgehead atoms. The Hall–Kier alpha value is -4.49. The van der Waals surface area contributed by atoms with E-state index in [0.717, 1.165) is 37.0 Å². The molecule has 0 saturated carbocycles. The van der Waals surface area contributed by atoms with Gasteiger partial charge in [-0.1, -0.05) is 30.3 Å². The van der Waals surface area contributed by atoms with E-state index in [0.29, 0.717) is 27.4 Å². The monoisotopic (exact) mass is 627 g/mol. The average Bonchev–Trinajstić information content (AvgIpc) is 3.67. The lowest BCUT2D eigenvalue weighted by Crippen LogP contribution is -2.52. The number of thiazole rings is 1. The van der Waals surface area contributed by atoms with E-state index in [-0.39, 0.29) is 13.0 Å². The summed E-state index contributed by atoms with van der Waals surface area (Å²) in [5, 5.41) is 13.5. The molecular weight excluding hydrogens is 602 g/mol. The SMILES string of the molecule is NC(c1ccc(C(=O)NCCC(=O)O)cc1)(c1ccc2c(c1)CCC2)c1nc(-c2ccc3c(c2)OC(F)(F)C(F)(F)O3)cs1. The number of nitrogens with zero attached hydrogens (tertiary/aromatic N) is 1. The maximum Gasteiger partial charge on any atom is 0.507 e. The van der Waals surface area contributed by atoms with Crippen molar-refractivity contribution in [1.82, 2.24) is 10.3 Å². The molecule has 2 aliphatic rings. The standard InChI is InChI=1S/C31H25F4N3O5S/c32-30(33)31(34,35)43-25-15-20(7-11-24(25)42-30)23-16-44-28(38-23)29(36,22-10-4-17-2-1-3-19(17)14-22)21-8-5-18(6-9-21)27(41)37-13-12-26(39)40/h4-11,14-16H,1-3,12-13,36H2,(H,37,41)(H,39,40). The number of amides is 1. The van der Waals surface area contributed by atoms with Crippen molar-refractivity contribution in [2.45, 2.75) is 43.4 Å². The van der Waals surface area contributed by atoms with Gasteiger partial charge in [0.05, 0.1) is 12.1 Å². The van der Waals surface area contributed by atoms with E-state index >= 15 is 0 Å². The number of carboxylic acids is 1. The molecule has 0 saturated heterocycles. The van der Waals surface area contributed by atoms with Crippen molar-refractivity contribution in [3.8, 4) is 22.8 Å². The van der Waals surface area contributed by atoms with Gasteiger partial charge in [0.2, 0.25) is 0 Å². The summed E-state index contributed by atoms with van der Waals surface area (Å²) in [6.07, 6.45) is -6.99. The maximum absolute atomic E-state index is 13.8. The van der Waals surface area contributed by atoms with Crippen LogP contribution in [0.1, 0.15) is 50.5 Å². The molecule has 228 valence electrons. The fourth-order valence-corrected chi connectivity index (χ4v) is 6.30. The lowest BCUT2D eigenvalue weighted by Gasteiger charge is -2.31. The number of nitrogens with one attached hydrogen (secondary N) is 1. The Morgan fingerprint density at radius 3 is 2.34 bits per heavy atom. The van der Waals surface area contributed by atoms with Crippen LogP contribution in [0.3, 0.4) is 0 Å². The van der Waals surface area contributed by atoms with Crippen molar-refractivity contribution >= 4 is 23.2 Å². The van der Waals surface area contributed by atoms with Gasteiger partial charge in [-0.05, 0) is 71.8 Å². The van der Waals surface area contributed by atoms with Gasteiger partial charge in [-0.2, -0.15) is 17.6 Å². The molecule has 6 rings (SSSR count). The van der Waals surface area contributed by atoms with Crippen molar-refractivity contribution in [2.24, 2.45) is 5.73 Å². The van der Waals surface area contributed by atoms with Crippen molar-refractivity contribution in [1.29, 1.82) is 0 Å². The second-order valence-electron chi connectivity index (χ2n) is 10.6. The van der Waals surface area contributed by atoms with Crippen LogP contribution < -0.4 is 20.5 Å². The first-order valence-electron chi connectivity index (χ1n) is 13.6. The molecule has 3 aromatic carbocycles. The summed E-state index contributed by atoms with van der Waals surface area (Å²) in [6.45, 7) is -0.0201. The number of carboxylic acid groups (broad SMARTS) is 1. The topological polar surface area (TPSA) is 124 Å². The van der Waals surface area contributed by atoms with E-state index in [1.54, 1.807) is 29.6 Å². The third kappa shape index (κ3) is 5.26. The van der Waals surface area contributed by atoms with Crippen LogP contribution in [0.4, 0.5) is 17.6 Å². The molecule has 0 fully saturated rings. The summed E-state index contributed by atoms with van der Waals surface area (Å²) in [5.74, 6) is -2.54. The minimum absolute atomic E-state index is 0.0201. The van der Waals surface area contributed by atoms with E-state index in [2.05, 4.69) is 14.8 Å². The molecule has 44 heavy (non-hydrogen) atoms. The largest absolute Gasteiger partial charge is 0.507 e. The number of aliphatic carboxylic acids is 1. The lowest BCUT2D eigenvalue weighted by atomic mass is 9.82. The Kier molecular flexibility index (Phi) is 7.33. The number of hydrogen-bond donors (Lipinski definition) is 3. The van der Waals surface area contributed by atoms with Gasteiger partial charge >= 0.3 is 18.2 Å². The van der Waals surface area contributed by atoms with Crippen LogP contribution in [0, 0.1) is 0 Å². The Morgan fingerprint density at radius 1 is 0.932 bits per heavy atom. The molecule has 1 aliphatic heterocycles. The Labute approximate surface area is 252 Å². The molecule has 0 radical (unpaired) electrons. The van der Waals surface area contributed by atoms with Gasteiger partial charge in [0, 0.05) is 23.1 Å². The first kappa shape index (κ1) is 29.6. The molecule has 2 heterocycles. The van der Waals surface area contributed by atoms with E-state index in [1.807, 2.05) is 18.2 Å². The van der Waals surface area contributed by atoms with Crippen LogP contribution in [0.25, 0.3) is 11.3 Å². The predicted molar refractivity (Wildman–Crippen MR) is 152 cm³/mol. The number of ether oxygens (including phenoxy) is 2. The molecule has 1 aliphatic carbocycles. The van der Waals surface area contributed by atoms with E-state index in [4.69, 9.17) is 15.8 Å². The predicted octanol–water partition coefficient (Wildman–Crippen LogP) is 5.71. The summed E-state index contributed by atoms with van der Waals surface area (Å²) >= 11 is 1.22. The van der Waals surface area contributed by atoms with E-state index in [9.17, 15) is 27.2 Å². The molecule has 1 atom stereocenters. The molecule has 8 nitrogen and oxygen atoms in total.